The molecule has 0 amide bonds. The van der Waals surface area contributed by atoms with Crippen molar-refractivity contribution in [3.63, 3.8) is 0 Å². The van der Waals surface area contributed by atoms with Crippen LogP contribution in [0.4, 0.5) is 0 Å². The molecule has 68 valence electrons. The topological polar surface area (TPSA) is 12.0 Å². The van der Waals surface area contributed by atoms with Crippen molar-refractivity contribution in [1.82, 2.24) is 5.32 Å². The second kappa shape index (κ2) is 2.47. The smallest absolute Gasteiger partial charge is 0.00982 e. The van der Waals surface area contributed by atoms with Gasteiger partial charge in [-0.1, -0.05) is 6.92 Å². The number of nitrogens with one attached hydrogen (secondary N) is 1. The van der Waals surface area contributed by atoms with Crippen LogP contribution in [0.5, 0.6) is 0 Å². The van der Waals surface area contributed by atoms with E-state index >= 15 is 0 Å². The maximum Gasteiger partial charge on any atom is 0.00982 e. The Hall–Kier alpha value is -0.0400. The minimum Gasteiger partial charge on any atom is -0.314 e. The summed E-state index contributed by atoms with van der Waals surface area (Å²) in [6, 6.07) is 0.907. The molecule has 1 heterocycles. The number of rotatable bonds is 0. The third-order valence-electron chi connectivity index (χ3n) is 4.59. The Kier molecular flexibility index (Phi) is 1.52. The van der Waals surface area contributed by atoms with E-state index in [1.165, 1.54) is 25.8 Å². The van der Waals surface area contributed by atoms with Crippen LogP contribution in [0.2, 0.25) is 0 Å². The lowest BCUT2D eigenvalue weighted by Gasteiger charge is -2.35. The Balaban J connectivity index is 1.72. The molecule has 12 heavy (non-hydrogen) atoms. The predicted octanol–water partition coefficient (Wildman–Crippen LogP) is 2.03. The fraction of sp³-hybridized carbons (Fsp3) is 1.00. The van der Waals surface area contributed by atoms with Crippen LogP contribution in [-0.2, 0) is 0 Å². The molecule has 0 aromatic rings. The van der Waals surface area contributed by atoms with Crippen molar-refractivity contribution in [2.45, 2.75) is 38.6 Å². The molecule has 1 nitrogen and oxygen atoms in total. The minimum atomic E-state index is 0.907. The Bertz CT molecular complexity index is 169. The van der Waals surface area contributed by atoms with Gasteiger partial charge in [0.05, 0.1) is 0 Å². The number of hydrogen-bond acceptors (Lipinski definition) is 1. The van der Waals surface area contributed by atoms with Crippen LogP contribution < -0.4 is 5.32 Å². The van der Waals surface area contributed by atoms with E-state index in [9.17, 15) is 0 Å². The van der Waals surface area contributed by atoms with Gasteiger partial charge in [-0.05, 0) is 55.9 Å². The van der Waals surface area contributed by atoms with E-state index in [1.807, 2.05) is 0 Å². The van der Waals surface area contributed by atoms with Gasteiger partial charge in [0.1, 0.15) is 0 Å². The van der Waals surface area contributed by atoms with Crippen molar-refractivity contribution >= 4 is 0 Å². The van der Waals surface area contributed by atoms with E-state index < -0.39 is 0 Å². The second-order valence-corrected chi connectivity index (χ2v) is 5.12. The van der Waals surface area contributed by atoms with Gasteiger partial charge in [0.15, 0.2) is 0 Å². The van der Waals surface area contributed by atoms with Gasteiger partial charge in [0.25, 0.3) is 0 Å². The molecule has 0 radical (unpaired) electrons. The van der Waals surface area contributed by atoms with E-state index in [1.54, 1.807) is 6.42 Å². The van der Waals surface area contributed by atoms with E-state index in [4.69, 9.17) is 0 Å². The van der Waals surface area contributed by atoms with Crippen LogP contribution in [0, 0.1) is 23.7 Å². The summed E-state index contributed by atoms with van der Waals surface area (Å²) >= 11 is 0. The summed E-state index contributed by atoms with van der Waals surface area (Å²) in [5, 5.41) is 3.70. The maximum absolute atomic E-state index is 3.70. The van der Waals surface area contributed by atoms with Crippen molar-refractivity contribution in [3.8, 4) is 0 Å². The Morgan fingerprint density at radius 1 is 1.17 bits per heavy atom. The molecule has 0 bridgehead atoms. The molecule has 1 saturated heterocycles. The number of piperidine rings is 1. The lowest BCUT2D eigenvalue weighted by Crippen LogP contribution is -2.43. The zero-order valence-electron chi connectivity index (χ0n) is 7.92. The van der Waals surface area contributed by atoms with E-state index in [2.05, 4.69) is 12.2 Å². The van der Waals surface area contributed by atoms with Crippen molar-refractivity contribution in [1.29, 1.82) is 0 Å². The molecule has 1 aliphatic heterocycles. The Labute approximate surface area is 74.9 Å². The Morgan fingerprint density at radius 2 is 2.00 bits per heavy atom. The first kappa shape index (κ1) is 7.37. The highest BCUT2D eigenvalue weighted by molar-refractivity contribution is 5.04. The SMILES string of the molecule is CC1C2CC3NCCCC3C[C@H]12. The van der Waals surface area contributed by atoms with Gasteiger partial charge in [-0.3, -0.25) is 0 Å². The summed E-state index contributed by atoms with van der Waals surface area (Å²) in [4.78, 5) is 0. The van der Waals surface area contributed by atoms with Gasteiger partial charge >= 0.3 is 0 Å². The maximum atomic E-state index is 3.70. The monoisotopic (exact) mass is 165 g/mol. The molecule has 2 saturated carbocycles. The minimum absolute atomic E-state index is 0.907. The first-order valence-corrected chi connectivity index (χ1v) is 5.59. The fourth-order valence-electron chi connectivity index (χ4n) is 3.64. The van der Waals surface area contributed by atoms with E-state index in [-0.39, 0.29) is 0 Å². The molecule has 3 fully saturated rings. The van der Waals surface area contributed by atoms with E-state index in [0.717, 1.165) is 29.7 Å². The summed E-state index contributed by atoms with van der Waals surface area (Å²) in [6.07, 6.45) is 5.97. The van der Waals surface area contributed by atoms with Crippen molar-refractivity contribution in [2.75, 3.05) is 6.54 Å². The quantitative estimate of drug-likeness (QED) is 0.579. The number of fused-ring (bicyclic) bond motifs is 2. The van der Waals surface area contributed by atoms with Crippen molar-refractivity contribution < 1.29 is 0 Å². The van der Waals surface area contributed by atoms with Gasteiger partial charge in [0, 0.05) is 6.04 Å². The highest BCUT2D eigenvalue weighted by Gasteiger charge is 2.52. The molecule has 3 aliphatic rings. The summed E-state index contributed by atoms with van der Waals surface area (Å²) in [5.74, 6) is 4.35. The van der Waals surface area contributed by atoms with Crippen LogP contribution in [0.15, 0.2) is 0 Å². The van der Waals surface area contributed by atoms with Gasteiger partial charge < -0.3 is 5.32 Å². The average Bonchev–Trinajstić information content (AvgIpc) is 2.74. The van der Waals surface area contributed by atoms with Crippen LogP contribution in [-0.4, -0.2) is 12.6 Å². The van der Waals surface area contributed by atoms with Crippen LogP contribution in [0.25, 0.3) is 0 Å². The van der Waals surface area contributed by atoms with Crippen LogP contribution in [0.3, 0.4) is 0 Å². The fourth-order valence-corrected chi connectivity index (χ4v) is 3.64. The summed E-state index contributed by atoms with van der Waals surface area (Å²) in [7, 11) is 0. The molecular formula is C11H19N. The lowest BCUT2D eigenvalue weighted by atomic mass is 9.80. The normalized spacial score (nSPS) is 57.2. The third-order valence-corrected chi connectivity index (χ3v) is 4.59. The van der Waals surface area contributed by atoms with Crippen LogP contribution >= 0.6 is 0 Å². The van der Waals surface area contributed by atoms with Gasteiger partial charge in [-0.25, -0.2) is 0 Å². The molecule has 1 N–H and O–H groups in total. The lowest BCUT2D eigenvalue weighted by molar-refractivity contribution is 0.204. The molecule has 0 spiro atoms. The highest BCUT2D eigenvalue weighted by Crippen LogP contribution is 2.57. The molecule has 3 rings (SSSR count). The number of hydrogen-bond donors (Lipinski definition) is 1. The van der Waals surface area contributed by atoms with Crippen molar-refractivity contribution in [2.24, 2.45) is 23.7 Å². The predicted molar refractivity (Wildman–Crippen MR) is 49.9 cm³/mol. The Morgan fingerprint density at radius 3 is 2.92 bits per heavy atom. The third kappa shape index (κ3) is 0.953. The second-order valence-electron chi connectivity index (χ2n) is 5.12. The molecule has 5 atom stereocenters. The molecular weight excluding hydrogens is 146 g/mol. The molecule has 0 aromatic carbocycles. The first-order chi connectivity index (χ1) is 5.86. The van der Waals surface area contributed by atoms with Crippen molar-refractivity contribution in [3.05, 3.63) is 0 Å². The zero-order valence-corrected chi connectivity index (χ0v) is 7.92. The molecule has 0 aromatic heterocycles. The highest BCUT2D eigenvalue weighted by atomic mass is 14.9. The average molecular weight is 165 g/mol. The van der Waals surface area contributed by atoms with E-state index in [0.29, 0.717) is 0 Å². The molecule has 1 heteroatoms. The first-order valence-electron chi connectivity index (χ1n) is 5.59. The molecule has 4 unspecified atom stereocenters. The standard InChI is InChI=1S/C11H19N/c1-7-9-5-8-3-2-4-12-11(8)6-10(7)9/h7-12H,2-6H2,1H3/t7?,8?,9-,10?,11?/m1/s1. The zero-order chi connectivity index (χ0) is 8.13. The largest absolute Gasteiger partial charge is 0.314 e. The summed E-state index contributed by atoms with van der Waals surface area (Å²) in [6.45, 7) is 3.74. The summed E-state index contributed by atoms with van der Waals surface area (Å²) < 4.78 is 0. The van der Waals surface area contributed by atoms with Gasteiger partial charge in [0.2, 0.25) is 0 Å². The van der Waals surface area contributed by atoms with Gasteiger partial charge in [-0.2, -0.15) is 0 Å². The summed E-state index contributed by atoms with van der Waals surface area (Å²) in [5.41, 5.74) is 0. The molecule has 2 aliphatic carbocycles. The van der Waals surface area contributed by atoms with Crippen LogP contribution in [0.1, 0.15) is 32.6 Å². The van der Waals surface area contributed by atoms with Gasteiger partial charge in [-0.15, -0.1) is 0 Å².